The van der Waals surface area contributed by atoms with Crippen molar-refractivity contribution in [1.82, 2.24) is 10.2 Å². The molecule has 0 aromatic rings. The van der Waals surface area contributed by atoms with Gasteiger partial charge >= 0.3 is 12.1 Å². The van der Waals surface area contributed by atoms with Gasteiger partial charge in [0, 0.05) is 19.4 Å². The van der Waals surface area contributed by atoms with Gasteiger partial charge in [-0.05, 0) is 61.3 Å². The third kappa shape index (κ3) is 8.09. The molecule has 5 atom stereocenters. The molecule has 0 unspecified atom stereocenters. The number of esters is 1. The highest BCUT2D eigenvalue weighted by atomic mass is 16.6. The first kappa shape index (κ1) is 27.9. The highest BCUT2D eigenvalue weighted by molar-refractivity contribution is 5.83. The van der Waals surface area contributed by atoms with Crippen LogP contribution in [0.4, 0.5) is 4.79 Å². The number of hydrogen-bond acceptors (Lipinski definition) is 7. The predicted octanol–water partition coefficient (Wildman–Crippen LogP) is 2.15. The number of aliphatic hydroxyl groups is 2. The predicted molar refractivity (Wildman–Crippen MR) is 120 cm³/mol. The van der Waals surface area contributed by atoms with Crippen molar-refractivity contribution < 1.29 is 34.1 Å². The zero-order valence-corrected chi connectivity index (χ0v) is 20.5. The molecular formula is C23H40N2O7. The first-order valence-corrected chi connectivity index (χ1v) is 11.0. The van der Waals surface area contributed by atoms with E-state index in [9.17, 15) is 24.6 Å². The highest BCUT2D eigenvalue weighted by Gasteiger charge is 2.53. The number of amides is 2. The maximum Gasteiger partial charge on any atom is 0.411 e. The molecule has 0 aliphatic carbocycles. The van der Waals surface area contributed by atoms with Gasteiger partial charge in [0.2, 0.25) is 5.91 Å². The molecule has 0 saturated carbocycles. The van der Waals surface area contributed by atoms with E-state index in [1.807, 2.05) is 13.0 Å². The minimum absolute atomic E-state index is 0.0106. The lowest BCUT2D eigenvalue weighted by atomic mass is 9.89. The van der Waals surface area contributed by atoms with Crippen LogP contribution in [0.5, 0.6) is 0 Å². The van der Waals surface area contributed by atoms with E-state index in [0.29, 0.717) is 0 Å². The van der Waals surface area contributed by atoms with Crippen LogP contribution in [-0.4, -0.2) is 75.1 Å². The van der Waals surface area contributed by atoms with Gasteiger partial charge in [0.1, 0.15) is 17.2 Å². The molecule has 0 bridgehead atoms. The molecule has 1 heterocycles. The number of likely N-dealkylation sites (tertiary alicyclic amines) is 1. The van der Waals surface area contributed by atoms with Crippen molar-refractivity contribution >= 4 is 18.0 Å². The van der Waals surface area contributed by atoms with Crippen LogP contribution >= 0.6 is 0 Å². The number of aliphatic hydroxyl groups excluding tert-OH is 2. The Bertz CT molecular complexity index is 693. The molecule has 0 radical (unpaired) electrons. The molecule has 184 valence electrons. The topological polar surface area (TPSA) is 125 Å². The maximum atomic E-state index is 13.3. The first-order valence-electron chi connectivity index (χ1n) is 11.0. The fraction of sp³-hybridized carbons (Fsp3) is 0.783. The maximum absolute atomic E-state index is 13.3. The van der Waals surface area contributed by atoms with Crippen LogP contribution in [0.2, 0.25) is 0 Å². The molecule has 32 heavy (non-hydrogen) atoms. The number of hydrogen-bond donors (Lipinski definition) is 3. The van der Waals surface area contributed by atoms with Crippen LogP contribution < -0.4 is 5.32 Å². The van der Waals surface area contributed by atoms with Crippen molar-refractivity contribution in [3.8, 4) is 0 Å². The summed E-state index contributed by atoms with van der Waals surface area (Å²) in [6, 6.07) is -2.68. The summed E-state index contributed by atoms with van der Waals surface area (Å²) in [5.74, 6) is -1.36. The summed E-state index contributed by atoms with van der Waals surface area (Å²) in [4.78, 5) is 39.6. The zero-order valence-electron chi connectivity index (χ0n) is 20.5. The second-order valence-electron chi connectivity index (χ2n) is 10.2. The van der Waals surface area contributed by atoms with Crippen molar-refractivity contribution in [3.63, 3.8) is 0 Å². The lowest BCUT2D eigenvalue weighted by Crippen LogP contribution is -2.60. The molecule has 2 amide bonds. The summed E-state index contributed by atoms with van der Waals surface area (Å²) in [5.41, 5.74) is -1.59. The number of rotatable bonds is 7. The summed E-state index contributed by atoms with van der Waals surface area (Å²) < 4.78 is 11.2. The van der Waals surface area contributed by atoms with Gasteiger partial charge in [0.25, 0.3) is 0 Å². The second-order valence-corrected chi connectivity index (χ2v) is 10.2. The summed E-state index contributed by atoms with van der Waals surface area (Å²) in [7, 11) is 0. The Balaban J connectivity index is 3.55. The molecule has 3 N–H and O–H groups in total. The van der Waals surface area contributed by atoms with Crippen molar-refractivity contribution in [2.75, 3.05) is 6.61 Å². The SMILES string of the molecule is CC=C[C@@H]1C[C@H](C(=O)OC(C)(C)C)N(C(=O)OC(C)(C)C)[C@H]1[C@@H](NC(C)=O)[C@H](O)CCO. The van der Waals surface area contributed by atoms with Crippen molar-refractivity contribution in [3.05, 3.63) is 12.2 Å². The Kier molecular flexibility index (Phi) is 9.71. The standard InChI is InChI=1S/C23H40N2O7/c1-9-10-15-13-16(20(29)31-22(3,4)5)25(21(30)32-23(6,7)8)19(15)18(24-14(2)27)17(28)11-12-26/h9-10,15-19,26,28H,11-13H2,1-8H3,(H,24,27)/t15-,16-,17-,18+,19-/m1/s1. The molecule has 1 aliphatic heterocycles. The Labute approximate surface area is 191 Å². The van der Waals surface area contributed by atoms with Crippen LogP contribution in [0.3, 0.4) is 0 Å². The van der Waals surface area contributed by atoms with E-state index in [1.165, 1.54) is 11.8 Å². The van der Waals surface area contributed by atoms with Gasteiger partial charge < -0.3 is 25.0 Å². The summed E-state index contributed by atoms with van der Waals surface area (Å²) in [6.07, 6.45) is 1.98. The molecule has 1 rings (SSSR count). The van der Waals surface area contributed by atoms with Gasteiger partial charge in [-0.2, -0.15) is 0 Å². The van der Waals surface area contributed by atoms with E-state index in [-0.39, 0.29) is 25.4 Å². The van der Waals surface area contributed by atoms with Crippen LogP contribution in [0, 0.1) is 5.92 Å². The number of allylic oxidation sites excluding steroid dienone is 1. The molecule has 0 aromatic carbocycles. The minimum Gasteiger partial charge on any atom is -0.458 e. The Morgan fingerprint density at radius 2 is 1.69 bits per heavy atom. The van der Waals surface area contributed by atoms with Gasteiger partial charge in [0.15, 0.2) is 0 Å². The lowest BCUT2D eigenvalue weighted by Gasteiger charge is -2.39. The quantitative estimate of drug-likeness (QED) is 0.396. The molecule has 9 nitrogen and oxygen atoms in total. The smallest absolute Gasteiger partial charge is 0.411 e. The molecule has 9 heteroatoms. The molecule has 1 fully saturated rings. The average Bonchev–Trinajstić information content (AvgIpc) is 2.96. The van der Waals surface area contributed by atoms with E-state index in [4.69, 9.17) is 9.47 Å². The molecule has 0 spiro atoms. The first-order chi connectivity index (χ1) is 14.6. The van der Waals surface area contributed by atoms with Crippen LogP contribution in [0.1, 0.15) is 68.2 Å². The molecule has 1 aliphatic rings. The van der Waals surface area contributed by atoms with Gasteiger partial charge in [-0.1, -0.05) is 12.2 Å². The molecule has 1 saturated heterocycles. The van der Waals surface area contributed by atoms with E-state index in [1.54, 1.807) is 47.6 Å². The number of nitrogens with one attached hydrogen (secondary N) is 1. The van der Waals surface area contributed by atoms with Crippen molar-refractivity contribution in [1.29, 1.82) is 0 Å². The van der Waals surface area contributed by atoms with Crippen LogP contribution in [0.15, 0.2) is 12.2 Å². The Hall–Kier alpha value is -2.13. The highest BCUT2D eigenvalue weighted by Crippen LogP contribution is 2.37. The largest absolute Gasteiger partial charge is 0.458 e. The van der Waals surface area contributed by atoms with Crippen molar-refractivity contribution in [2.24, 2.45) is 5.92 Å². The third-order valence-corrected chi connectivity index (χ3v) is 4.89. The van der Waals surface area contributed by atoms with Gasteiger partial charge in [0.05, 0.1) is 18.2 Å². The Morgan fingerprint density at radius 3 is 2.12 bits per heavy atom. The zero-order chi connectivity index (χ0) is 24.9. The molecule has 0 aromatic heterocycles. The van der Waals surface area contributed by atoms with Gasteiger partial charge in [-0.25, -0.2) is 9.59 Å². The fourth-order valence-corrected chi connectivity index (χ4v) is 3.90. The van der Waals surface area contributed by atoms with E-state index in [0.717, 1.165) is 0 Å². The summed E-state index contributed by atoms with van der Waals surface area (Å²) in [6.45, 7) is 13.2. The summed E-state index contributed by atoms with van der Waals surface area (Å²) >= 11 is 0. The summed E-state index contributed by atoms with van der Waals surface area (Å²) in [5, 5.41) is 22.8. The van der Waals surface area contributed by atoms with E-state index < -0.39 is 53.4 Å². The van der Waals surface area contributed by atoms with E-state index >= 15 is 0 Å². The van der Waals surface area contributed by atoms with Gasteiger partial charge in [-0.15, -0.1) is 0 Å². The normalized spacial score (nSPS) is 23.7. The van der Waals surface area contributed by atoms with Crippen LogP contribution in [-0.2, 0) is 19.1 Å². The number of carbonyl (C=O) groups is 3. The number of ether oxygens (including phenoxy) is 2. The van der Waals surface area contributed by atoms with Gasteiger partial charge in [-0.3, -0.25) is 9.69 Å². The monoisotopic (exact) mass is 456 g/mol. The number of nitrogens with zero attached hydrogens (tertiary/aromatic N) is 1. The average molecular weight is 457 g/mol. The Morgan fingerprint density at radius 1 is 1.12 bits per heavy atom. The fourth-order valence-electron chi connectivity index (χ4n) is 3.90. The van der Waals surface area contributed by atoms with Crippen molar-refractivity contribution in [2.45, 2.75) is 104 Å². The molecular weight excluding hydrogens is 416 g/mol. The second kappa shape index (κ2) is 11.1. The lowest BCUT2D eigenvalue weighted by molar-refractivity contribution is -0.160. The number of carbonyl (C=O) groups excluding carboxylic acids is 3. The third-order valence-electron chi connectivity index (χ3n) is 4.89. The minimum atomic E-state index is -1.15. The van der Waals surface area contributed by atoms with E-state index in [2.05, 4.69) is 5.32 Å². The van der Waals surface area contributed by atoms with Crippen LogP contribution in [0.25, 0.3) is 0 Å².